The van der Waals surface area contributed by atoms with Crippen molar-refractivity contribution in [2.75, 3.05) is 24.7 Å². The average molecular weight is 367 g/mol. The minimum Gasteiger partial charge on any atom is -0.302 e. The largest absolute Gasteiger partial charge is 0.302 e. The second-order valence-electron chi connectivity index (χ2n) is 6.35. The van der Waals surface area contributed by atoms with E-state index in [9.17, 15) is 13.2 Å². The van der Waals surface area contributed by atoms with Crippen LogP contribution >= 0.6 is 11.3 Å². The van der Waals surface area contributed by atoms with E-state index in [0.717, 1.165) is 21.3 Å². The molecule has 24 heavy (non-hydrogen) atoms. The van der Waals surface area contributed by atoms with Gasteiger partial charge in [-0.1, -0.05) is 23.5 Å². The highest BCUT2D eigenvalue weighted by Gasteiger charge is 2.30. The Kier molecular flexibility index (Phi) is 4.63. The highest BCUT2D eigenvalue weighted by Crippen LogP contribution is 2.31. The van der Waals surface area contributed by atoms with Gasteiger partial charge in [0, 0.05) is 13.1 Å². The fraction of sp³-hybridized carbons (Fsp3) is 0.500. The summed E-state index contributed by atoms with van der Waals surface area (Å²) in [7, 11) is -3.26. The topological polar surface area (TPSA) is 79.4 Å². The first-order chi connectivity index (χ1) is 11.3. The summed E-state index contributed by atoms with van der Waals surface area (Å²) in [6, 6.07) is 4.07. The van der Waals surface area contributed by atoms with Gasteiger partial charge in [0.25, 0.3) is 0 Å². The lowest BCUT2D eigenvalue weighted by Gasteiger charge is -2.29. The van der Waals surface area contributed by atoms with Crippen molar-refractivity contribution < 1.29 is 13.2 Å². The fourth-order valence-corrected chi connectivity index (χ4v) is 4.90. The van der Waals surface area contributed by atoms with Crippen molar-refractivity contribution in [3.8, 4) is 0 Å². The number of carbonyl (C=O) groups excluding carboxylic acids is 1. The number of benzene rings is 1. The number of hydrogen-bond acceptors (Lipinski definition) is 5. The Balaban J connectivity index is 1.77. The predicted octanol–water partition coefficient (Wildman–Crippen LogP) is 2.52. The van der Waals surface area contributed by atoms with Gasteiger partial charge in [-0.25, -0.2) is 17.7 Å². The molecule has 1 aromatic carbocycles. The van der Waals surface area contributed by atoms with Crippen molar-refractivity contribution in [3.05, 3.63) is 23.3 Å². The summed E-state index contributed by atoms with van der Waals surface area (Å²) in [5.41, 5.74) is 3.12. The van der Waals surface area contributed by atoms with Crippen LogP contribution in [-0.4, -0.2) is 43.0 Å². The molecule has 2 aromatic rings. The third-order valence-corrected chi connectivity index (χ3v) is 6.77. The molecule has 0 spiro atoms. The Morgan fingerprint density at radius 2 is 2.04 bits per heavy atom. The summed E-state index contributed by atoms with van der Waals surface area (Å²) in [6.07, 6.45) is 2.58. The summed E-state index contributed by atoms with van der Waals surface area (Å²) in [4.78, 5) is 17.1. The van der Waals surface area contributed by atoms with E-state index >= 15 is 0 Å². The Hall–Kier alpha value is -1.51. The number of carbonyl (C=O) groups is 1. The number of nitrogens with one attached hydrogen (secondary N) is 1. The number of sulfonamides is 1. The molecule has 1 fully saturated rings. The normalized spacial score (nSPS) is 19.5. The van der Waals surface area contributed by atoms with Crippen molar-refractivity contribution >= 4 is 42.6 Å². The maximum atomic E-state index is 12.5. The van der Waals surface area contributed by atoms with Crippen molar-refractivity contribution in [3.63, 3.8) is 0 Å². The summed E-state index contributed by atoms with van der Waals surface area (Å²) in [5, 5.41) is 3.45. The molecule has 0 radical (unpaired) electrons. The summed E-state index contributed by atoms with van der Waals surface area (Å²) < 4.78 is 25.8. The molecular formula is C16H21N3O3S2. The molecule has 130 valence electrons. The van der Waals surface area contributed by atoms with Crippen LogP contribution in [0.5, 0.6) is 0 Å². The van der Waals surface area contributed by atoms with Gasteiger partial charge in [-0.05, 0) is 37.8 Å². The standard InChI is InChI=1S/C16H21N3O3S2/c1-10-6-7-11(2)14-13(10)17-16(23-14)18-15(20)12-5-4-8-19(9-12)24(3,21)22/h6-7,12H,4-5,8-9H2,1-3H3,(H,17,18,20). The molecule has 6 nitrogen and oxygen atoms in total. The lowest BCUT2D eigenvalue weighted by atomic mass is 9.99. The number of amides is 1. The van der Waals surface area contributed by atoms with Gasteiger partial charge in [-0.15, -0.1) is 0 Å². The SMILES string of the molecule is Cc1ccc(C)c2sc(NC(=O)C3CCCN(S(C)(=O)=O)C3)nc12. The van der Waals surface area contributed by atoms with Gasteiger partial charge in [-0.3, -0.25) is 4.79 Å². The second-order valence-corrected chi connectivity index (χ2v) is 9.33. The highest BCUT2D eigenvalue weighted by molar-refractivity contribution is 7.88. The van der Waals surface area contributed by atoms with Crippen LogP contribution in [0, 0.1) is 19.8 Å². The maximum Gasteiger partial charge on any atom is 0.230 e. The van der Waals surface area contributed by atoms with Gasteiger partial charge >= 0.3 is 0 Å². The van der Waals surface area contributed by atoms with Crippen LogP contribution in [-0.2, 0) is 14.8 Å². The minimum atomic E-state index is -3.26. The first kappa shape index (κ1) is 17.3. The van der Waals surface area contributed by atoms with E-state index in [1.165, 1.54) is 21.9 Å². The highest BCUT2D eigenvalue weighted by atomic mass is 32.2. The van der Waals surface area contributed by atoms with Crippen molar-refractivity contribution in [2.45, 2.75) is 26.7 Å². The van der Waals surface area contributed by atoms with Crippen LogP contribution in [0.2, 0.25) is 0 Å². The number of piperidine rings is 1. The zero-order chi connectivity index (χ0) is 17.5. The molecule has 2 heterocycles. The molecule has 8 heteroatoms. The number of thiazole rings is 1. The number of rotatable bonds is 3. The molecule has 1 aliphatic heterocycles. The van der Waals surface area contributed by atoms with Gasteiger partial charge < -0.3 is 5.32 Å². The molecule has 1 aliphatic rings. The van der Waals surface area contributed by atoms with E-state index in [1.807, 2.05) is 26.0 Å². The molecule has 1 aromatic heterocycles. The molecule has 1 saturated heterocycles. The van der Waals surface area contributed by atoms with E-state index in [2.05, 4.69) is 10.3 Å². The number of anilines is 1. The summed E-state index contributed by atoms with van der Waals surface area (Å²) in [6.45, 7) is 4.75. The zero-order valence-electron chi connectivity index (χ0n) is 14.0. The number of aromatic nitrogens is 1. The van der Waals surface area contributed by atoms with Crippen molar-refractivity contribution in [1.29, 1.82) is 0 Å². The molecule has 0 bridgehead atoms. The maximum absolute atomic E-state index is 12.5. The lowest BCUT2D eigenvalue weighted by molar-refractivity contribution is -0.120. The van der Waals surface area contributed by atoms with Gasteiger partial charge in [0.2, 0.25) is 15.9 Å². The quantitative estimate of drug-likeness (QED) is 0.904. The van der Waals surface area contributed by atoms with E-state index in [1.54, 1.807) is 0 Å². The molecule has 0 saturated carbocycles. The first-order valence-electron chi connectivity index (χ1n) is 7.88. The molecular weight excluding hydrogens is 346 g/mol. The Morgan fingerprint density at radius 3 is 2.71 bits per heavy atom. The van der Waals surface area contributed by atoms with Crippen LogP contribution in [0.1, 0.15) is 24.0 Å². The summed E-state index contributed by atoms with van der Waals surface area (Å²) >= 11 is 1.46. The first-order valence-corrected chi connectivity index (χ1v) is 10.5. The van der Waals surface area contributed by atoms with Crippen LogP contribution in [0.25, 0.3) is 10.2 Å². The van der Waals surface area contributed by atoms with Gasteiger partial charge in [0.1, 0.15) is 0 Å². The molecule has 1 N–H and O–H groups in total. The monoisotopic (exact) mass is 367 g/mol. The van der Waals surface area contributed by atoms with Crippen LogP contribution < -0.4 is 5.32 Å². The number of fused-ring (bicyclic) bond motifs is 1. The molecule has 3 rings (SSSR count). The van der Waals surface area contributed by atoms with E-state index in [4.69, 9.17) is 0 Å². The number of hydrogen-bond donors (Lipinski definition) is 1. The molecule has 1 unspecified atom stereocenters. The van der Waals surface area contributed by atoms with Crippen molar-refractivity contribution in [2.24, 2.45) is 5.92 Å². The molecule has 1 amide bonds. The predicted molar refractivity (Wildman–Crippen MR) is 96.9 cm³/mol. The molecule has 0 aliphatic carbocycles. The van der Waals surface area contributed by atoms with E-state index < -0.39 is 10.0 Å². The van der Waals surface area contributed by atoms with Crippen LogP contribution in [0.3, 0.4) is 0 Å². The van der Waals surface area contributed by atoms with Crippen LogP contribution in [0.15, 0.2) is 12.1 Å². The number of aryl methyl sites for hydroxylation is 2. The summed E-state index contributed by atoms with van der Waals surface area (Å²) in [5.74, 6) is -0.486. The lowest BCUT2D eigenvalue weighted by Crippen LogP contribution is -2.43. The number of nitrogens with zero attached hydrogens (tertiary/aromatic N) is 2. The van der Waals surface area contributed by atoms with E-state index in [0.29, 0.717) is 24.5 Å². The fourth-order valence-electron chi connectivity index (χ4n) is 2.98. The van der Waals surface area contributed by atoms with Gasteiger partial charge in [0.15, 0.2) is 5.13 Å². The smallest absolute Gasteiger partial charge is 0.230 e. The third kappa shape index (κ3) is 3.45. The Morgan fingerprint density at radius 1 is 1.33 bits per heavy atom. The van der Waals surface area contributed by atoms with Crippen LogP contribution in [0.4, 0.5) is 5.13 Å². The van der Waals surface area contributed by atoms with Gasteiger partial charge in [-0.2, -0.15) is 0 Å². The average Bonchev–Trinajstić information content (AvgIpc) is 2.95. The minimum absolute atomic E-state index is 0.155. The Labute approximate surface area is 145 Å². The molecule has 1 atom stereocenters. The Bertz CT molecular complexity index is 850. The van der Waals surface area contributed by atoms with Crippen molar-refractivity contribution in [1.82, 2.24) is 9.29 Å². The second kappa shape index (κ2) is 6.42. The third-order valence-electron chi connectivity index (χ3n) is 4.40. The zero-order valence-corrected chi connectivity index (χ0v) is 15.6. The van der Waals surface area contributed by atoms with E-state index in [-0.39, 0.29) is 18.4 Å². The van der Waals surface area contributed by atoms with Gasteiger partial charge in [0.05, 0.1) is 22.4 Å².